The van der Waals surface area contributed by atoms with Crippen LogP contribution in [0.15, 0.2) is 24.3 Å². The number of carbonyl (C=O) groups is 2. The topological polar surface area (TPSA) is 92.4 Å². The summed E-state index contributed by atoms with van der Waals surface area (Å²) < 4.78 is 0. The van der Waals surface area contributed by atoms with Crippen LogP contribution in [0.5, 0.6) is 0 Å². The van der Waals surface area contributed by atoms with Crippen LogP contribution in [0.3, 0.4) is 0 Å². The van der Waals surface area contributed by atoms with Crippen molar-refractivity contribution in [3.63, 3.8) is 0 Å². The molecule has 19 heavy (non-hydrogen) atoms. The van der Waals surface area contributed by atoms with E-state index in [2.05, 4.69) is 5.32 Å². The van der Waals surface area contributed by atoms with E-state index < -0.39 is 17.4 Å². The molecule has 1 amide bonds. The molecular formula is C13H17ClN2O3. The van der Waals surface area contributed by atoms with Crippen molar-refractivity contribution < 1.29 is 14.7 Å². The van der Waals surface area contributed by atoms with Crippen LogP contribution in [0.4, 0.5) is 5.69 Å². The van der Waals surface area contributed by atoms with Gasteiger partial charge in [-0.1, -0.05) is 11.6 Å². The molecular weight excluding hydrogens is 268 g/mol. The molecule has 4 N–H and O–H groups in total. The molecule has 0 aromatic heterocycles. The van der Waals surface area contributed by atoms with Crippen molar-refractivity contribution in [2.45, 2.75) is 31.7 Å². The Morgan fingerprint density at radius 1 is 1.37 bits per heavy atom. The Morgan fingerprint density at radius 2 is 1.95 bits per heavy atom. The van der Waals surface area contributed by atoms with E-state index in [9.17, 15) is 9.59 Å². The summed E-state index contributed by atoms with van der Waals surface area (Å²) in [6, 6.07) is 6.87. The second-order valence-corrected chi connectivity index (χ2v) is 5.01. The molecule has 0 bridgehead atoms. The minimum atomic E-state index is -0.983. The van der Waals surface area contributed by atoms with E-state index in [4.69, 9.17) is 22.4 Å². The van der Waals surface area contributed by atoms with Gasteiger partial charge in [-0.3, -0.25) is 9.59 Å². The Balaban J connectivity index is 2.73. The molecule has 0 radical (unpaired) electrons. The number of primary amides is 1. The van der Waals surface area contributed by atoms with Crippen molar-refractivity contribution in [3.05, 3.63) is 29.3 Å². The summed E-state index contributed by atoms with van der Waals surface area (Å²) in [7, 11) is 0. The number of halogens is 1. The number of aliphatic carboxylic acids is 1. The van der Waals surface area contributed by atoms with E-state index in [0.717, 1.165) is 0 Å². The molecule has 6 heteroatoms. The maximum Gasteiger partial charge on any atom is 0.303 e. The van der Waals surface area contributed by atoms with Crippen molar-refractivity contribution in [2.75, 3.05) is 5.32 Å². The van der Waals surface area contributed by atoms with Gasteiger partial charge in [0.1, 0.15) is 5.54 Å². The molecule has 0 heterocycles. The highest BCUT2D eigenvalue weighted by molar-refractivity contribution is 6.30. The van der Waals surface area contributed by atoms with Gasteiger partial charge in [-0.15, -0.1) is 0 Å². The maximum absolute atomic E-state index is 11.6. The van der Waals surface area contributed by atoms with Gasteiger partial charge in [0, 0.05) is 17.1 Å². The number of rotatable bonds is 7. The first kappa shape index (κ1) is 15.3. The Kier molecular flexibility index (Phi) is 5.18. The Labute approximate surface area is 116 Å². The molecule has 0 fully saturated rings. The monoisotopic (exact) mass is 284 g/mol. The first-order valence-electron chi connectivity index (χ1n) is 5.89. The molecule has 0 saturated heterocycles. The highest BCUT2D eigenvalue weighted by Crippen LogP contribution is 2.22. The molecule has 5 nitrogen and oxygen atoms in total. The zero-order valence-corrected chi connectivity index (χ0v) is 11.4. The van der Waals surface area contributed by atoms with Crippen molar-refractivity contribution in [1.29, 1.82) is 0 Å². The summed E-state index contributed by atoms with van der Waals surface area (Å²) in [5.41, 5.74) is 5.12. The number of hydrogen-bond acceptors (Lipinski definition) is 3. The standard InChI is InChI=1S/C13H17ClN2O3/c1-13(12(15)19,8-2-3-11(17)18)16-10-6-4-9(14)5-7-10/h4-7,16H,2-3,8H2,1H3,(H2,15,19)(H,17,18). The Hall–Kier alpha value is -1.75. The molecule has 0 aliphatic heterocycles. The van der Waals surface area contributed by atoms with Gasteiger partial charge in [-0.05, 0) is 44.0 Å². The largest absolute Gasteiger partial charge is 0.481 e. The lowest BCUT2D eigenvalue weighted by Gasteiger charge is -2.28. The van der Waals surface area contributed by atoms with Gasteiger partial charge in [-0.25, -0.2) is 0 Å². The number of anilines is 1. The molecule has 0 saturated carbocycles. The van der Waals surface area contributed by atoms with Gasteiger partial charge in [0.25, 0.3) is 0 Å². The third-order valence-corrected chi connectivity index (χ3v) is 3.13. The van der Waals surface area contributed by atoms with Gasteiger partial charge in [0.05, 0.1) is 0 Å². The fourth-order valence-corrected chi connectivity index (χ4v) is 1.82. The summed E-state index contributed by atoms with van der Waals surface area (Å²) in [5.74, 6) is -1.41. The molecule has 1 unspecified atom stereocenters. The lowest BCUT2D eigenvalue weighted by atomic mass is 9.93. The van der Waals surface area contributed by atoms with Crippen LogP contribution in [0.1, 0.15) is 26.2 Å². The predicted molar refractivity (Wildman–Crippen MR) is 74.2 cm³/mol. The van der Waals surface area contributed by atoms with Crippen LogP contribution in [-0.4, -0.2) is 22.5 Å². The van der Waals surface area contributed by atoms with Gasteiger partial charge in [0.15, 0.2) is 0 Å². The number of nitrogens with two attached hydrogens (primary N) is 1. The average Bonchev–Trinajstić information content (AvgIpc) is 2.31. The Bertz CT molecular complexity index is 461. The minimum absolute atomic E-state index is 0.00513. The lowest BCUT2D eigenvalue weighted by molar-refractivity contribution is -0.137. The quantitative estimate of drug-likeness (QED) is 0.716. The van der Waals surface area contributed by atoms with Crippen LogP contribution in [-0.2, 0) is 9.59 Å². The summed E-state index contributed by atoms with van der Waals surface area (Å²) in [6.45, 7) is 1.66. The lowest BCUT2D eigenvalue weighted by Crippen LogP contribution is -2.47. The molecule has 1 atom stereocenters. The van der Waals surface area contributed by atoms with Gasteiger partial charge in [-0.2, -0.15) is 0 Å². The first-order chi connectivity index (χ1) is 8.83. The van der Waals surface area contributed by atoms with E-state index in [-0.39, 0.29) is 6.42 Å². The van der Waals surface area contributed by atoms with E-state index >= 15 is 0 Å². The second kappa shape index (κ2) is 6.43. The number of carboxylic acids is 1. The smallest absolute Gasteiger partial charge is 0.303 e. The molecule has 0 spiro atoms. The minimum Gasteiger partial charge on any atom is -0.481 e. The van der Waals surface area contributed by atoms with E-state index in [1.807, 2.05) is 0 Å². The highest BCUT2D eigenvalue weighted by Gasteiger charge is 2.30. The summed E-state index contributed by atoms with van der Waals surface area (Å²) >= 11 is 5.78. The number of carbonyl (C=O) groups excluding carboxylic acids is 1. The van der Waals surface area contributed by atoms with Crippen molar-refractivity contribution >= 4 is 29.2 Å². The fourth-order valence-electron chi connectivity index (χ4n) is 1.69. The Morgan fingerprint density at radius 3 is 2.42 bits per heavy atom. The summed E-state index contributed by atoms with van der Waals surface area (Å²) in [4.78, 5) is 22.1. The van der Waals surface area contributed by atoms with Crippen LogP contribution in [0, 0.1) is 0 Å². The zero-order valence-electron chi connectivity index (χ0n) is 10.6. The SMILES string of the molecule is CC(CCCC(=O)O)(Nc1ccc(Cl)cc1)C(N)=O. The van der Waals surface area contributed by atoms with Crippen molar-refractivity contribution in [2.24, 2.45) is 5.73 Å². The third kappa shape index (κ3) is 4.79. The molecule has 1 rings (SSSR count). The first-order valence-corrected chi connectivity index (χ1v) is 6.27. The summed E-state index contributed by atoms with van der Waals surface area (Å²) in [6.07, 6.45) is 0.720. The zero-order chi connectivity index (χ0) is 14.5. The number of amides is 1. The third-order valence-electron chi connectivity index (χ3n) is 2.88. The molecule has 104 valence electrons. The molecule has 1 aromatic carbocycles. The van der Waals surface area contributed by atoms with E-state index in [1.54, 1.807) is 31.2 Å². The van der Waals surface area contributed by atoms with Crippen LogP contribution in [0.25, 0.3) is 0 Å². The summed E-state index contributed by atoms with van der Waals surface area (Å²) in [5, 5.41) is 12.2. The number of carboxylic acid groups (broad SMARTS) is 1. The van der Waals surface area contributed by atoms with E-state index in [1.165, 1.54) is 0 Å². The van der Waals surface area contributed by atoms with Gasteiger partial charge >= 0.3 is 5.97 Å². The van der Waals surface area contributed by atoms with Crippen LogP contribution in [0.2, 0.25) is 5.02 Å². The van der Waals surface area contributed by atoms with Gasteiger partial charge < -0.3 is 16.2 Å². The number of benzene rings is 1. The molecule has 1 aromatic rings. The van der Waals surface area contributed by atoms with Crippen LogP contribution < -0.4 is 11.1 Å². The van der Waals surface area contributed by atoms with Crippen LogP contribution >= 0.6 is 11.6 Å². The number of nitrogens with one attached hydrogen (secondary N) is 1. The average molecular weight is 285 g/mol. The van der Waals surface area contributed by atoms with Gasteiger partial charge in [0.2, 0.25) is 5.91 Å². The van der Waals surface area contributed by atoms with E-state index in [0.29, 0.717) is 23.6 Å². The van der Waals surface area contributed by atoms with Crippen molar-refractivity contribution in [3.8, 4) is 0 Å². The normalized spacial score (nSPS) is 13.6. The van der Waals surface area contributed by atoms with Crippen molar-refractivity contribution in [1.82, 2.24) is 0 Å². The molecule has 0 aliphatic carbocycles. The highest BCUT2D eigenvalue weighted by atomic mass is 35.5. The number of hydrogen-bond donors (Lipinski definition) is 3. The predicted octanol–water partition coefficient (Wildman–Crippen LogP) is 2.25. The second-order valence-electron chi connectivity index (χ2n) is 4.58. The maximum atomic E-state index is 11.6. The fraction of sp³-hybridized carbons (Fsp3) is 0.385. The molecule has 0 aliphatic rings.